The van der Waals surface area contributed by atoms with Crippen LogP contribution in [0.5, 0.6) is 0 Å². The molecule has 0 spiro atoms. The third kappa shape index (κ3) is 4.72. The minimum atomic E-state index is -3.19. The molecule has 0 N–H and O–H groups in total. The van der Waals surface area contributed by atoms with Gasteiger partial charge in [0.25, 0.3) is 0 Å². The van der Waals surface area contributed by atoms with Crippen molar-refractivity contribution in [3.63, 3.8) is 0 Å². The number of rotatable bonds is 4. The summed E-state index contributed by atoms with van der Waals surface area (Å²) in [6, 6.07) is 5.87. The number of hydrogen-bond acceptors (Lipinski definition) is 7. The van der Waals surface area contributed by atoms with Gasteiger partial charge < -0.3 is 9.80 Å². The van der Waals surface area contributed by atoms with E-state index in [0.717, 1.165) is 43.1 Å². The van der Waals surface area contributed by atoms with Gasteiger partial charge in [-0.15, -0.1) is 10.2 Å². The van der Waals surface area contributed by atoms with Crippen LogP contribution in [-0.2, 0) is 14.8 Å². The summed E-state index contributed by atoms with van der Waals surface area (Å²) in [5, 5.41) is 13.1. The SMILES string of the molecule is Cc1cc(C)n(-c2ccc(N3CCC(C(=O)N4CCN(S(C)(=O)=O)CC4)CC3)nn2)n1. The lowest BCUT2D eigenvalue weighted by Crippen LogP contribution is -2.52. The van der Waals surface area contributed by atoms with E-state index in [1.165, 1.54) is 10.6 Å². The molecule has 0 unspecified atom stereocenters. The predicted octanol–water partition coefficient (Wildman–Crippen LogP) is 0.599. The molecule has 2 aromatic heterocycles. The van der Waals surface area contributed by atoms with Crippen LogP contribution in [0, 0.1) is 19.8 Å². The lowest BCUT2D eigenvalue weighted by atomic mass is 9.95. The highest BCUT2D eigenvalue weighted by molar-refractivity contribution is 7.88. The van der Waals surface area contributed by atoms with E-state index in [-0.39, 0.29) is 11.8 Å². The Labute approximate surface area is 182 Å². The first-order chi connectivity index (χ1) is 14.7. The highest BCUT2D eigenvalue weighted by Gasteiger charge is 2.32. The van der Waals surface area contributed by atoms with E-state index in [0.29, 0.717) is 32.0 Å². The number of carbonyl (C=O) groups excluding carboxylic acids is 1. The van der Waals surface area contributed by atoms with E-state index < -0.39 is 10.0 Å². The Balaban J connectivity index is 1.31. The van der Waals surface area contributed by atoms with E-state index >= 15 is 0 Å². The summed E-state index contributed by atoms with van der Waals surface area (Å²) in [7, 11) is -3.19. The van der Waals surface area contributed by atoms with Crippen molar-refractivity contribution < 1.29 is 13.2 Å². The van der Waals surface area contributed by atoms with Crippen molar-refractivity contribution in [2.24, 2.45) is 5.92 Å². The van der Waals surface area contributed by atoms with Crippen LogP contribution >= 0.6 is 0 Å². The first-order valence-electron chi connectivity index (χ1n) is 10.6. The van der Waals surface area contributed by atoms with Gasteiger partial charge in [-0.05, 0) is 44.9 Å². The van der Waals surface area contributed by atoms with Gasteiger partial charge in [0.1, 0.15) is 0 Å². The molecule has 10 nitrogen and oxygen atoms in total. The molecule has 0 radical (unpaired) electrons. The highest BCUT2D eigenvalue weighted by Crippen LogP contribution is 2.24. The molecule has 4 heterocycles. The summed E-state index contributed by atoms with van der Waals surface area (Å²) >= 11 is 0. The van der Waals surface area contributed by atoms with Gasteiger partial charge in [0, 0.05) is 50.9 Å². The molecule has 0 aromatic carbocycles. The monoisotopic (exact) mass is 447 g/mol. The fourth-order valence-electron chi connectivity index (χ4n) is 4.31. The molecule has 2 aromatic rings. The number of amides is 1. The van der Waals surface area contributed by atoms with Crippen LogP contribution in [-0.4, -0.2) is 89.0 Å². The van der Waals surface area contributed by atoms with Crippen molar-refractivity contribution in [1.82, 2.24) is 29.2 Å². The smallest absolute Gasteiger partial charge is 0.225 e. The number of hydrogen-bond donors (Lipinski definition) is 0. The molecule has 31 heavy (non-hydrogen) atoms. The Kier molecular flexibility index (Phi) is 5.98. The van der Waals surface area contributed by atoms with Gasteiger partial charge in [-0.3, -0.25) is 4.79 Å². The normalized spacial score (nSPS) is 19.1. The summed E-state index contributed by atoms with van der Waals surface area (Å²) in [5.74, 6) is 1.60. The Bertz CT molecular complexity index is 1040. The van der Waals surface area contributed by atoms with Crippen LogP contribution in [0.2, 0.25) is 0 Å². The van der Waals surface area contributed by atoms with Crippen LogP contribution < -0.4 is 4.90 Å². The molecule has 11 heteroatoms. The highest BCUT2D eigenvalue weighted by atomic mass is 32.2. The van der Waals surface area contributed by atoms with E-state index in [1.54, 1.807) is 4.68 Å². The van der Waals surface area contributed by atoms with Crippen LogP contribution in [0.4, 0.5) is 5.82 Å². The van der Waals surface area contributed by atoms with Crippen LogP contribution in [0.15, 0.2) is 18.2 Å². The van der Waals surface area contributed by atoms with Crippen LogP contribution in [0.25, 0.3) is 5.82 Å². The molecule has 1 amide bonds. The van der Waals surface area contributed by atoms with E-state index in [2.05, 4.69) is 20.2 Å². The van der Waals surface area contributed by atoms with Crippen molar-refractivity contribution in [2.75, 3.05) is 50.4 Å². The molecule has 0 bridgehead atoms. The largest absolute Gasteiger partial charge is 0.355 e. The summed E-state index contributed by atoms with van der Waals surface area (Å²) in [6.07, 6.45) is 2.73. The first kappa shape index (κ1) is 21.7. The molecule has 2 aliphatic heterocycles. The number of carbonyl (C=O) groups is 1. The maximum Gasteiger partial charge on any atom is 0.225 e. The fraction of sp³-hybridized carbons (Fsp3) is 0.600. The maximum absolute atomic E-state index is 12.9. The van der Waals surface area contributed by atoms with Crippen LogP contribution in [0.1, 0.15) is 24.2 Å². The zero-order valence-electron chi connectivity index (χ0n) is 18.2. The van der Waals surface area contributed by atoms with Crippen molar-refractivity contribution in [2.45, 2.75) is 26.7 Å². The lowest BCUT2D eigenvalue weighted by Gasteiger charge is -2.38. The molecule has 2 aliphatic rings. The molecule has 0 atom stereocenters. The minimum Gasteiger partial charge on any atom is -0.355 e. The third-order valence-corrected chi connectivity index (χ3v) is 7.35. The molecule has 2 saturated heterocycles. The number of aryl methyl sites for hydroxylation is 2. The second-order valence-corrected chi connectivity index (χ2v) is 10.3. The average Bonchev–Trinajstić information content (AvgIpc) is 3.11. The van der Waals surface area contributed by atoms with Crippen molar-refractivity contribution in [3.8, 4) is 5.82 Å². The number of sulfonamides is 1. The van der Waals surface area contributed by atoms with E-state index in [1.807, 2.05) is 36.9 Å². The zero-order chi connectivity index (χ0) is 22.2. The predicted molar refractivity (Wildman–Crippen MR) is 117 cm³/mol. The van der Waals surface area contributed by atoms with Crippen LogP contribution in [0.3, 0.4) is 0 Å². The maximum atomic E-state index is 12.9. The topological polar surface area (TPSA) is 105 Å². The van der Waals surface area contributed by atoms with Gasteiger partial charge in [-0.25, -0.2) is 13.1 Å². The van der Waals surface area contributed by atoms with Gasteiger partial charge in [-0.1, -0.05) is 0 Å². The van der Waals surface area contributed by atoms with Gasteiger partial charge in [0.15, 0.2) is 11.6 Å². The Morgan fingerprint density at radius 3 is 2.10 bits per heavy atom. The van der Waals surface area contributed by atoms with Crippen molar-refractivity contribution >= 4 is 21.7 Å². The Morgan fingerprint density at radius 1 is 0.968 bits per heavy atom. The zero-order valence-corrected chi connectivity index (χ0v) is 19.0. The van der Waals surface area contributed by atoms with E-state index in [9.17, 15) is 13.2 Å². The first-order valence-corrected chi connectivity index (χ1v) is 12.4. The second kappa shape index (κ2) is 8.54. The number of aromatic nitrogens is 4. The van der Waals surface area contributed by atoms with Gasteiger partial charge in [0.2, 0.25) is 15.9 Å². The molecule has 0 aliphatic carbocycles. The summed E-state index contributed by atoms with van der Waals surface area (Å²) in [6.45, 7) is 7.10. The molecule has 4 rings (SSSR count). The number of piperidine rings is 1. The molecule has 2 fully saturated rings. The van der Waals surface area contributed by atoms with Gasteiger partial charge in [0.05, 0.1) is 11.9 Å². The molecule has 0 saturated carbocycles. The molecule has 168 valence electrons. The van der Waals surface area contributed by atoms with Crippen molar-refractivity contribution in [1.29, 1.82) is 0 Å². The second-order valence-electron chi connectivity index (χ2n) is 8.34. The fourth-order valence-corrected chi connectivity index (χ4v) is 5.14. The van der Waals surface area contributed by atoms with Gasteiger partial charge >= 0.3 is 0 Å². The standard InChI is InChI=1S/C20H29N7O3S/c1-15-14-16(2)27(23-15)19-5-4-18(21-22-19)24-8-6-17(7-9-24)20(28)25-10-12-26(13-11-25)31(3,29)30/h4-5,14,17H,6-13H2,1-3H3. The average molecular weight is 448 g/mol. The lowest BCUT2D eigenvalue weighted by molar-refractivity contribution is -0.137. The summed E-state index contributed by atoms with van der Waals surface area (Å²) in [5.41, 5.74) is 1.95. The minimum absolute atomic E-state index is 0.0250. The summed E-state index contributed by atoms with van der Waals surface area (Å²) in [4.78, 5) is 16.9. The number of piperazine rings is 1. The summed E-state index contributed by atoms with van der Waals surface area (Å²) < 4.78 is 26.5. The Morgan fingerprint density at radius 2 is 1.58 bits per heavy atom. The number of nitrogens with zero attached hydrogens (tertiary/aromatic N) is 7. The van der Waals surface area contributed by atoms with Gasteiger partial charge in [-0.2, -0.15) is 9.40 Å². The third-order valence-electron chi connectivity index (χ3n) is 6.05. The Hall–Kier alpha value is -2.53. The molecular weight excluding hydrogens is 418 g/mol. The quantitative estimate of drug-likeness (QED) is 0.676. The van der Waals surface area contributed by atoms with Crippen molar-refractivity contribution in [3.05, 3.63) is 29.6 Å². The molecular formula is C20H29N7O3S. The van der Waals surface area contributed by atoms with E-state index in [4.69, 9.17) is 0 Å². The number of anilines is 1.